The van der Waals surface area contributed by atoms with Crippen LogP contribution in [0.15, 0.2) is 36.5 Å². The maximum atomic E-state index is 4.02. The third-order valence-electron chi connectivity index (χ3n) is 3.59. The Labute approximate surface area is 101 Å². The van der Waals surface area contributed by atoms with Crippen molar-refractivity contribution in [2.75, 3.05) is 0 Å². The van der Waals surface area contributed by atoms with Crippen molar-refractivity contribution in [3.8, 4) is 0 Å². The van der Waals surface area contributed by atoms with Crippen LogP contribution in [0, 0.1) is 5.41 Å². The average molecular weight is 218 g/mol. The van der Waals surface area contributed by atoms with Crippen LogP contribution in [0.4, 0.5) is 0 Å². The molecule has 1 aliphatic rings. The lowest BCUT2D eigenvalue weighted by Gasteiger charge is -2.29. The number of unbranched alkanes of at least 4 members (excludes halogenated alkanes) is 2. The average Bonchev–Trinajstić information content (AvgIpc) is 2.35. The van der Waals surface area contributed by atoms with Crippen molar-refractivity contribution in [3.63, 3.8) is 0 Å². The highest BCUT2D eigenvalue weighted by Crippen LogP contribution is 2.36. The summed E-state index contributed by atoms with van der Waals surface area (Å²) in [5.74, 6) is 0. The maximum Gasteiger partial charge on any atom is 0.00962 e. The van der Waals surface area contributed by atoms with Gasteiger partial charge in [0.25, 0.3) is 0 Å². The van der Waals surface area contributed by atoms with Crippen molar-refractivity contribution in [1.29, 1.82) is 0 Å². The van der Waals surface area contributed by atoms with Gasteiger partial charge in [-0.3, -0.25) is 0 Å². The van der Waals surface area contributed by atoms with Gasteiger partial charge in [0.1, 0.15) is 0 Å². The standard InChI is InChI=1S/C16H26/c1-4-7-9-15-10-13-16(6-3,14-11-15)12-8-5-2/h6,10-11,13H,3-5,7-9,12,14H2,1-2H3. The molecule has 1 unspecified atom stereocenters. The van der Waals surface area contributed by atoms with Crippen molar-refractivity contribution in [3.05, 3.63) is 36.5 Å². The monoisotopic (exact) mass is 218 g/mol. The minimum absolute atomic E-state index is 0.256. The molecule has 0 aliphatic heterocycles. The predicted molar refractivity (Wildman–Crippen MR) is 73.5 cm³/mol. The molecular weight excluding hydrogens is 192 g/mol. The zero-order valence-corrected chi connectivity index (χ0v) is 11.0. The predicted octanol–water partition coefficient (Wildman–Crippen LogP) is 5.43. The van der Waals surface area contributed by atoms with Gasteiger partial charge in [0.15, 0.2) is 0 Å². The molecule has 0 amide bonds. The number of rotatable bonds is 7. The Balaban J connectivity index is 2.53. The normalized spacial score (nSPS) is 24.2. The summed E-state index contributed by atoms with van der Waals surface area (Å²) in [5.41, 5.74) is 1.78. The highest BCUT2D eigenvalue weighted by atomic mass is 14.3. The highest BCUT2D eigenvalue weighted by Gasteiger charge is 2.23. The molecule has 16 heavy (non-hydrogen) atoms. The molecule has 0 radical (unpaired) electrons. The van der Waals surface area contributed by atoms with Crippen molar-refractivity contribution >= 4 is 0 Å². The second-order valence-electron chi connectivity index (χ2n) is 4.96. The SMILES string of the molecule is C=CC1(CCCC)C=CC(CCCC)=CC1. The lowest BCUT2D eigenvalue weighted by molar-refractivity contribution is 0.430. The maximum absolute atomic E-state index is 4.02. The summed E-state index contributed by atoms with van der Waals surface area (Å²) in [6, 6.07) is 0. The molecule has 0 saturated carbocycles. The first-order valence-electron chi connectivity index (χ1n) is 6.78. The number of allylic oxidation sites excluding steroid dienone is 5. The molecule has 1 aliphatic carbocycles. The highest BCUT2D eigenvalue weighted by molar-refractivity contribution is 5.29. The van der Waals surface area contributed by atoms with Crippen LogP contribution in [0.3, 0.4) is 0 Å². The Hall–Kier alpha value is -0.780. The first kappa shape index (κ1) is 13.3. The summed E-state index contributed by atoms with van der Waals surface area (Å²) < 4.78 is 0. The van der Waals surface area contributed by atoms with E-state index in [-0.39, 0.29) is 5.41 Å². The summed E-state index contributed by atoms with van der Waals surface area (Å²) in [5, 5.41) is 0. The fourth-order valence-corrected chi connectivity index (χ4v) is 2.24. The van der Waals surface area contributed by atoms with Gasteiger partial charge in [0.05, 0.1) is 0 Å². The van der Waals surface area contributed by atoms with E-state index >= 15 is 0 Å². The van der Waals surface area contributed by atoms with E-state index in [0.29, 0.717) is 0 Å². The van der Waals surface area contributed by atoms with E-state index < -0.39 is 0 Å². The quantitative estimate of drug-likeness (QED) is 0.500. The van der Waals surface area contributed by atoms with Gasteiger partial charge in [-0.2, -0.15) is 0 Å². The van der Waals surface area contributed by atoms with Crippen molar-refractivity contribution < 1.29 is 0 Å². The van der Waals surface area contributed by atoms with Crippen LogP contribution in [0.5, 0.6) is 0 Å². The third kappa shape index (κ3) is 3.66. The zero-order chi connectivity index (χ0) is 11.9. The lowest BCUT2D eigenvalue weighted by atomic mass is 9.76. The van der Waals surface area contributed by atoms with Crippen LogP contribution >= 0.6 is 0 Å². The van der Waals surface area contributed by atoms with Crippen LogP contribution in [-0.4, -0.2) is 0 Å². The van der Waals surface area contributed by atoms with E-state index in [1.807, 2.05) is 0 Å². The summed E-state index contributed by atoms with van der Waals surface area (Å²) >= 11 is 0. The first-order valence-corrected chi connectivity index (χ1v) is 6.78. The summed E-state index contributed by atoms with van der Waals surface area (Å²) in [6.07, 6.45) is 18.1. The molecule has 0 aromatic rings. The Morgan fingerprint density at radius 2 is 2.06 bits per heavy atom. The van der Waals surface area contributed by atoms with Crippen LogP contribution < -0.4 is 0 Å². The van der Waals surface area contributed by atoms with Gasteiger partial charge in [0.2, 0.25) is 0 Å². The van der Waals surface area contributed by atoms with Gasteiger partial charge < -0.3 is 0 Å². The van der Waals surface area contributed by atoms with Crippen molar-refractivity contribution in [2.24, 2.45) is 5.41 Å². The largest absolute Gasteiger partial charge is 0.102 e. The fraction of sp³-hybridized carbons (Fsp3) is 0.625. The number of hydrogen-bond donors (Lipinski definition) is 0. The lowest BCUT2D eigenvalue weighted by Crippen LogP contribution is -2.16. The Kier molecular flexibility index (Phi) is 5.59. The van der Waals surface area contributed by atoms with E-state index in [4.69, 9.17) is 0 Å². The van der Waals surface area contributed by atoms with Gasteiger partial charge in [-0.25, -0.2) is 0 Å². The molecule has 0 fully saturated rings. The van der Waals surface area contributed by atoms with Crippen molar-refractivity contribution in [2.45, 2.75) is 58.8 Å². The minimum atomic E-state index is 0.256. The summed E-state index contributed by atoms with van der Waals surface area (Å²) in [7, 11) is 0. The van der Waals surface area contributed by atoms with Gasteiger partial charge in [-0.15, -0.1) is 6.58 Å². The van der Waals surface area contributed by atoms with E-state index in [1.165, 1.54) is 44.1 Å². The van der Waals surface area contributed by atoms with Gasteiger partial charge in [-0.05, 0) is 25.7 Å². The third-order valence-corrected chi connectivity index (χ3v) is 3.59. The smallest absolute Gasteiger partial charge is 0.00962 e. The van der Waals surface area contributed by atoms with Crippen LogP contribution in [0.2, 0.25) is 0 Å². The Bertz CT molecular complexity index is 270. The zero-order valence-electron chi connectivity index (χ0n) is 11.0. The molecule has 0 saturated heterocycles. The molecule has 0 spiro atoms. The Morgan fingerprint density at radius 1 is 1.31 bits per heavy atom. The topological polar surface area (TPSA) is 0 Å². The van der Waals surface area contributed by atoms with Gasteiger partial charge in [0, 0.05) is 5.41 Å². The van der Waals surface area contributed by atoms with E-state index in [1.54, 1.807) is 0 Å². The van der Waals surface area contributed by atoms with Gasteiger partial charge in [-0.1, -0.05) is 63.0 Å². The molecule has 1 rings (SSSR count). The van der Waals surface area contributed by atoms with E-state index in [9.17, 15) is 0 Å². The molecule has 0 N–H and O–H groups in total. The molecule has 90 valence electrons. The second-order valence-corrected chi connectivity index (χ2v) is 4.96. The molecule has 0 aromatic carbocycles. The van der Waals surface area contributed by atoms with E-state index in [0.717, 1.165) is 6.42 Å². The Morgan fingerprint density at radius 3 is 2.56 bits per heavy atom. The van der Waals surface area contributed by atoms with Crippen molar-refractivity contribution in [1.82, 2.24) is 0 Å². The van der Waals surface area contributed by atoms with Crippen LogP contribution in [-0.2, 0) is 0 Å². The molecule has 0 heteroatoms. The fourth-order valence-electron chi connectivity index (χ4n) is 2.24. The number of hydrogen-bond acceptors (Lipinski definition) is 0. The van der Waals surface area contributed by atoms with Gasteiger partial charge >= 0.3 is 0 Å². The molecular formula is C16H26. The molecule has 0 heterocycles. The van der Waals surface area contributed by atoms with Crippen LogP contribution in [0.1, 0.15) is 58.8 Å². The minimum Gasteiger partial charge on any atom is -0.102 e. The van der Waals surface area contributed by atoms with Crippen LogP contribution in [0.25, 0.3) is 0 Å². The molecule has 1 atom stereocenters. The van der Waals surface area contributed by atoms with E-state index in [2.05, 4.69) is 44.7 Å². The molecule has 0 aromatic heterocycles. The molecule has 0 nitrogen and oxygen atoms in total. The summed E-state index contributed by atoms with van der Waals surface area (Å²) in [4.78, 5) is 0. The second kappa shape index (κ2) is 6.73. The molecule has 0 bridgehead atoms. The summed E-state index contributed by atoms with van der Waals surface area (Å²) in [6.45, 7) is 8.52. The first-order chi connectivity index (χ1) is 7.76.